The Balaban J connectivity index is 2.66. The molecule has 0 saturated heterocycles. The van der Waals surface area contributed by atoms with Gasteiger partial charge in [0.1, 0.15) is 0 Å². The molecule has 1 N–H and O–H groups in total. The smallest absolute Gasteiger partial charge is 0.0596 e. The molecule has 0 fully saturated rings. The highest BCUT2D eigenvalue weighted by Crippen LogP contribution is 2.18. The molecule has 0 aliphatic heterocycles. The summed E-state index contributed by atoms with van der Waals surface area (Å²) in [6.07, 6.45) is 0. The molecule has 1 rings (SSSR count). The van der Waals surface area contributed by atoms with Crippen molar-refractivity contribution in [2.75, 3.05) is 13.1 Å². The Hall–Kier alpha value is -0.830. The molecule has 0 spiro atoms. The first-order valence-electron chi connectivity index (χ1n) is 5.79. The van der Waals surface area contributed by atoms with Crippen LogP contribution in [0, 0.1) is 19.8 Å². The van der Waals surface area contributed by atoms with Crippen LogP contribution >= 0.6 is 0 Å². The van der Waals surface area contributed by atoms with Gasteiger partial charge in [-0.2, -0.15) is 5.10 Å². The predicted molar refractivity (Wildman–Crippen MR) is 64.1 cm³/mol. The third kappa shape index (κ3) is 3.06. The van der Waals surface area contributed by atoms with E-state index in [9.17, 15) is 0 Å². The maximum atomic E-state index is 4.53. The van der Waals surface area contributed by atoms with Crippen molar-refractivity contribution in [3.05, 3.63) is 17.5 Å². The van der Waals surface area contributed by atoms with Crippen molar-refractivity contribution in [3.8, 4) is 0 Å². The van der Waals surface area contributed by atoms with Gasteiger partial charge in [-0.05, 0) is 45.8 Å². The molecule has 1 aromatic heterocycles. The molecule has 2 atom stereocenters. The van der Waals surface area contributed by atoms with E-state index in [4.69, 9.17) is 0 Å². The summed E-state index contributed by atoms with van der Waals surface area (Å²) < 4.78 is 2.14. The molecule has 0 radical (unpaired) electrons. The third-order valence-corrected chi connectivity index (χ3v) is 2.97. The van der Waals surface area contributed by atoms with E-state index >= 15 is 0 Å². The number of aromatic nitrogens is 2. The van der Waals surface area contributed by atoms with Gasteiger partial charge in [-0.25, -0.2) is 0 Å². The number of hydrogen-bond donors (Lipinski definition) is 1. The van der Waals surface area contributed by atoms with E-state index in [0.29, 0.717) is 12.0 Å². The molecule has 0 amide bonds. The van der Waals surface area contributed by atoms with Gasteiger partial charge in [0.15, 0.2) is 0 Å². The van der Waals surface area contributed by atoms with Gasteiger partial charge < -0.3 is 5.32 Å². The molecule has 1 heterocycles. The quantitative estimate of drug-likeness (QED) is 0.806. The predicted octanol–water partition coefficient (Wildman–Crippen LogP) is 2.31. The van der Waals surface area contributed by atoms with E-state index < -0.39 is 0 Å². The molecule has 3 nitrogen and oxygen atoms in total. The van der Waals surface area contributed by atoms with Crippen LogP contribution in [0.5, 0.6) is 0 Å². The summed E-state index contributed by atoms with van der Waals surface area (Å²) in [7, 11) is 0. The van der Waals surface area contributed by atoms with Crippen molar-refractivity contribution in [2.24, 2.45) is 5.92 Å². The summed E-state index contributed by atoms with van der Waals surface area (Å²) in [6, 6.07) is 2.59. The fourth-order valence-corrected chi connectivity index (χ4v) is 1.84. The van der Waals surface area contributed by atoms with Gasteiger partial charge in [0.2, 0.25) is 0 Å². The van der Waals surface area contributed by atoms with Crippen LogP contribution in [0.25, 0.3) is 0 Å². The molecule has 0 bridgehead atoms. The van der Waals surface area contributed by atoms with Crippen molar-refractivity contribution >= 4 is 0 Å². The largest absolute Gasteiger partial charge is 0.317 e. The van der Waals surface area contributed by atoms with E-state index in [1.165, 1.54) is 5.69 Å². The third-order valence-electron chi connectivity index (χ3n) is 2.97. The van der Waals surface area contributed by atoms with Crippen LogP contribution in [0.4, 0.5) is 0 Å². The van der Waals surface area contributed by atoms with Crippen molar-refractivity contribution in [2.45, 2.75) is 40.7 Å². The van der Waals surface area contributed by atoms with E-state index in [0.717, 1.165) is 18.8 Å². The highest BCUT2D eigenvalue weighted by Gasteiger charge is 2.16. The van der Waals surface area contributed by atoms with Gasteiger partial charge >= 0.3 is 0 Å². The van der Waals surface area contributed by atoms with Crippen molar-refractivity contribution in [1.29, 1.82) is 0 Å². The molecule has 2 unspecified atom stereocenters. The molecule has 3 heteroatoms. The average Bonchev–Trinajstić information content (AvgIpc) is 2.53. The first-order chi connectivity index (χ1) is 7.06. The van der Waals surface area contributed by atoms with Crippen molar-refractivity contribution < 1.29 is 0 Å². The Kier molecular flexibility index (Phi) is 4.33. The number of nitrogens with one attached hydrogen (secondary N) is 1. The lowest BCUT2D eigenvalue weighted by molar-refractivity contribution is 0.333. The molecule has 15 heavy (non-hydrogen) atoms. The molecule has 0 aliphatic rings. The second kappa shape index (κ2) is 5.31. The molecular formula is C12H23N3. The first-order valence-corrected chi connectivity index (χ1v) is 5.79. The van der Waals surface area contributed by atoms with Gasteiger partial charge in [-0.3, -0.25) is 4.68 Å². The number of nitrogens with zero attached hydrogens (tertiary/aromatic N) is 2. The van der Waals surface area contributed by atoms with Gasteiger partial charge in [-0.15, -0.1) is 0 Å². The van der Waals surface area contributed by atoms with Gasteiger partial charge in [-0.1, -0.05) is 13.8 Å². The zero-order valence-electron chi connectivity index (χ0n) is 10.5. The Bertz CT molecular complexity index is 304. The van der Waals surface area contributed by atoms with Crippen LogP contribution in [-0.4, -0.2) is 22.9 Å². The minimum Gasteiger partial charge on any atom is -0.317 e. The van der Waals surface area contributed by atoms with Crippen LogP contribution in [0.2, 0.25) is 0 Å². The Morgan fingerprint density at radius 2 is 2.07 bits per heavy atom. The molecule has 0 aromatic carbocycles. The van der Waals surface area contributed by atoms with Gasteiger partial charge in [0.05, 0.1) is 11.7 Å². The summed E-state index contributed by atoms with van der Waals surface area (Å²) in [4.78, 5) is 0. The molecular weight excluding hydrogens is 186 g/mol. The fourth-order valence-electron chi connectivity index (χ4n) is 1.84. The first kappa shape index (κ1) is 12.2. The van der Waals surface area contributed by atoms with Crippen molar-refractivity contribution in [1.82, 2.24) is 15.1 Å². The minimum atomic E-state index is 0.456. The lowest BCUT2D eigenvalue weighted by atomic mass is 10.0. The summed E-state index contributed by atoms with van der Waals surface area (Å²) in [6.45, 7) is 12.9. The zero-order valence-corrected chi connectivity index (χ0v) is 10.5. The Morgan fingerprint density at radius 1 is 1.40 bits per heavy atom. The second-order valence-electron chi connectivity index (χ2n) is 4.40. The van der Waals surface area contributed by atoms with Crippen LogP contribution in [-0.2, 0) is 0 Å². The minimum absolute atomic E-state index is 0.456. The van der Waals surface area contributed by atoms with Gasteiger partial charge in [0.25, 0.3) is 0 Å². The fraction of sp³-hybridized carbons (Fsp3) is 0.750. The topological polar surface area (TPSA) is 29.9 Å². The molecule has 86 valence electrons. The highest BCUT2D eigenvalue weighted by molar-refractivity contribution is 5.07. The summed E-state index contributed by atoms with van der Waals surface area (Å²) >= 11 is 0. The monoisotopic (exact) mass is 209 g/mol. The van der Waals surface area contributed by atoms with E-state index in [1.54, 1.807) is 0 Å². The molecule has 0 aliphatic carbocycles. The summed E-state index contributed by atoms with van der Waals surface area (Å²) in [5.41, 5.74) is 2.36. The van der Waals surface area contributed by atoms with Crippen molar-refractivity contribution in [3.63, 3.8) is 0 Å². The molecule has 0 saturated carbocycles. The Labute approximate surface area is 92.9 Å². The maximum absolute atomic E-state index is 4.53. The van der Waals surface area contributed by atoms with Gasteiger partial charge in [0, 0.05) is 5.69 Å². The summed E-state index contributed by atoms with van der Waals surface area (Å²) in [5.74, 6) is 0.600. The second-order valence-corrected chi connectivity index (χ2v) is 4.40. The summed E-state index contributed by atoms with van der Waals surface area (Å²) in [5, 5.41) is 7.91. The standard InChI is InChI=1S/C12H23N3/c1-6-13-8-9(2)12(5)15-11(4)7-10(3)14-15/h7,9,12-13H,6,8H2,1-5H3. The lowest BCUT2D eigenvalue weighted by Gasteiger charge is -2.22. The SMILES string of the molecule is CCNCC(C)C(C)n1nc(C)cc1C. The highest BCUT2D eigenvalue weighted by atomic mass is 15.3. The van der Waals surface area contributed by atoms with Crippen LogP contribution in [0.15, 0.2) is 6.07 Å². The normalized spacial score (nSPS) is 15.3. The van der Waals surface area contributed by atoms with Crippen LogP contribution in [0.3, 0.4) is 0 Å². The van der Waals surface area contributed by atoms with E-state index in [1.807, 2.05) is 6.92 Å². The van der Waals surface area contributed by atoms with E-state index in [-0.39, 0.29) is 0 Å². The lowest BCUT2D eigenvalue weighted by Crippen LogP contribution is -2.27. The maximum Gasteiger partial charge on any atom is 0.0596 e. The van der Waals surface area contributed by atoms with Crippen LogP contribution < -0.4 is 5.32 Å². The molecule has 1 aromatic rings. The Morgan fingerprint density at radius 3 is 2.53 bits per heavy atom. The zero-order chi connectivity index (χ0) is 11.4. The number of hydrogen-bond acceptors (Lipinski definition) is 2. The van der Waals surface area contributed by atoms with Crippen LogP contribution in [0.1, 0.15) is 38.2 Å². The average molecular weight is 209 g/mol. The van der Waals surface area contributed by atoms with E-state index in [2.05, 4.69) is 48.9 Å². The number of aryl methyl sites for hydroxylation is 2. The number of rotatable bonds is 5.